The summed E-state index contributed by atoms with van der Waals surface area (Å²) < 4.78 is 0. The van der Waals surface area contributed by atoms with Gasteiger partial charge in [0.05, 0.1) is 0 Å². The molecule has 2 aromatic rings. The van der Waals surface area contributed by atoms with E-state index in [0.29, 0.717) is 23.7 Å². The monoisotopic (exact) mass is 324 g/mol. The molecule has 0 atom stereocenters. The fraction of sp³-hybridized carbons (Fsp3) is 0.300. The minimum Gasteiger partial charge on any atom is -0.325 e. The Kier molecular flexibility index (Phi) is 6.55. The summed E-state index contributed by atoms with van der Waals surface area (Å²) in [6.45, 7) is 4.17. The largest absolute Gasteiger partial charge is 0.325 e. The molecular weight excluding hydrogens is 300 g/mol. The van der Waals surface area contributed by atoms with E-state index in [9.17, 15) is 9.59 Å². The van der Waals surface area contributed by atoms with E-state index in [1.165, 1.54) is 0 Å². The van der Waals surface area contributed by atoms with Crippen LogP contribution >= 0.6 is 0 Å². The molecular formula is C20H24N2O2. The molecule has 4 nitrogen and oxygen atoms in total. The Morgan fingerprint density at radius 3 is 1.54 bits per heavy atom. The second-order valence-electron chi connectivity index (χ2n) is 6.23. The number of hydrogen-bond donors (Lipinski definition) is 2. The Balaban J connectivity index is 2.07. The topological polar surface area (TPSA) is 58.2 Å². The van der Waals surface area contributed by atoms with E-state index in [4.69, 9.17) is 0 Å². The molecule has 0 aliphatic heterocycles. The zero-order valence-corrected chi connectivity index (χ0v) is 14.2. The lowest BCUT2D eigenvalue weighted by Crippen LogP contribution is -2.34. The number of para-hydroxylation sites is 2. The van der Waals surface area contributed by atoms with E-state index in [1.54, 1.807) is 0 Å². The van der Waals surface area contributed by atoms with Crippen molar-refractivity contribution in [1.82, 2.24) is 0 Å². The van der Waals surface area contributed by atoms with Crippen LogP contribution in [0.1, 0.15) is 26.7 Å². The van der Waals surface area contributed by atoms with Crippen molar-refractivity contribution in [2.24, 2.45) is 11.8 Å². The van der Waals surface area contributed by atoms with Crippen molar-refractivity contribution in [2.75, 3.05) is 10.6 Å². The highest BCUT2D eigenvalue weighted by Crippen LogP contribution is 2.18. The van der Waals surface area contributed by atoms with Crippen LogP contribution in [0.2, 0.25) is 0 Å². The smallest absolute Gasteiger partial charge is 0.236 e. The van der Waals surface area contributed by atoms with Gasteiger partial charge in [-0.15, -0.1) is 0 Å². The third-order valence-electron chi connectivity index (χ3n) is 3.75. The molecule has 0 aromatic heterocycles. The van der Waals surface area contributed by atoms with Gasteiger partial charge in [-0.25, -0.2) is 0 Å². The van der Waals surface area contributed by atoms with Crippen LogP contribution in [0.25, 0.3) is 0 Å². The maximum Gasteiger partial charge on any atom is 0.236 e. The third-order valence-corrected chi connectivity index (χ3v) is 3.75. The maximum absolute atomic E-state index is 12.6. The number of benzene rings is 2. The number of amides is 2. The fourth-order valence-electron chi connectivity index (χ4n) is 2.38. The Labute approximate surface area is 143 Å². The number of nitrogens with one attached hydrogen (secondary N) is 2. The van der Waals surface area contributed by atoms with Crippen molar-refractivity contribution in [3.63, 3.8) is 0 Å². The summed E-state index contributed by atoms with van der Waals surface area (Å²) in [6, 6.07) is 18.4. The lowest BCUT2D eigenvalue weighted by Gasteiger charge is -2.18. The van der Waals surface area contributed by atoms with Crippen molar-refractivity contribution in [3.8, 4) is 0 Å². The van der Waals surface area contributed by atoms with Gasteiger partial charge in [0.1, 0.15) is 5.92 Å². The first-order valence-corrected chi connectivity index (χ1v) is 8.28. The lowest BCUT2D eigenvalue weighted by molar-refractivity contribution is -0.129. The molecule has 0 saturated carbocycles. The first-order chi connectivity index (χ1) is 11.6. The summed E-state index contributed by atoms with van der Waals surface area (Å²) in [4.78, 5) is 25.2. The Hall–Kier alpha value is -2.62. The van der Waals surface area contributed by atoms with Crippen molar-refractivity contribution < 1.29 is 9.59 Å². The zero-order chi connectivity index (χ0) is 17.4. The molecule has 2 amide bonds. The number of rotatable bonds is 7. The number of carbonyl (C=O) groups is 2. The zero-order valence-electron chi connectivity index (χ0n) is 14.2. The molecule has 0 aliphatic rings. The molecule has 0 radical (unpaired) electrons. The second-order valence-corrected chi connectivity index (χ2v) is 6.23. The van der Waals surface area contributed by atoms with E-state index in [-0.39, 0.29) is 11.8 Å². The second kappa shape index (κ2) is 8.87. The predicted octanol–water partition coefficient (Wildman–Crippen LogP) is 4.32. The maximum atomic E-state index is 12.6. The minimum absolute atomic E-state index is 0.268. The molecule has 0 aliphatic carbocycles. The molecule has 2 N–H and O–H groups in total. The highest BCUT2D eigenvalue weighted by Gasteiger charge is 2.26. The van der Waals surface area contributed by atoms with Gasteiger partial charge >= 0.3 is 0 Å². The summed E-state index contributed by atoms with van der Waals surface area (Å²) in [5, 5.41) is 5.67. The van der Waals surface area contributed by atoms with Crippen LogP contribution in [0.3, 0.4) is 0 Å². The average molecular weight is 324 g/mol. The van der Waals surface area contributed by atoms with E-state index < -0.39 is 5.92 Å². The lowest BCUT2D eigenvalue weighted by atomic mass is 9.96. The summed E-state index contributed by atoms with van der Waals surface area (Å²) in [5.74, 6) is -0.820. The molecule has 0 bridgehead atoms. The van der Waals surface area contributed by atoms with Gasteiger partial charge in [0, 0.05) is 11.4 Å². The SMILES string of the molecule is CC(C)CCC(C(=O)Nc1ccccc1)C(=O)Nc1ccccc1. The van der Waals surface area contributed by atoms with Crippen molar-refractivity contribution in [3.05, 3.63) is 60.7 Å². The van der Waals surface area contributed by atoms with Crippen LogP contribution in [-0.4, -0.2) is 11.8 Å². The Bertz CT molecular complexity index is 600. The molecule has 0 heterocycles. The minimum atomic E-state index is -0.715. The van der Waals surface area contributed by atoms with Crippen molar-refractivity contribution >= 4 is 23.2 Å². The van der Waals surface area contributed by atoms with Crippen LogP contribution in [0, 0.1) is 11.8 Å². The summed E-state index contributed by atoms with van der Waals surface area (Å²) in [7, 11) is 0. The molecule has 2 aromatic carbocycles. The summed E-state index contributed by atoms with van der Waals surface area (Å²) in [5.41, 5.74) is 1.40. The van der Waals surface area contributed by atoms with Gasteiger partial charge in [-0.1, -0.05) is 50.2 Å². The van der Waals surface area contributed by atoms with Crippen LogP contribution in [0.5, 0.6) is 0 Å². The Morgan fingerprint density at radius 1 is 0.750 bits per heavy atom. The van der Waals surface area contributed by atoms with Gasteiger partial charge in [0.2, 0.25) is 11.8 Å². The van der Waals surface area contributed by atoms with Gasteiger partial charge in [-0.3, -0.25) is 9.59 Å². The number of hydrogen-bond acceptors (Lipinski definition) is 2. The van der Waals surface area contributed by atoms with Gasteiger partial charge in [0.15, 0.2) is 0 Å². The molecule has 4 heteroatoms. The van der Waals surface area contributed by atoms with Crippen molar-refractivity contribution in [1.29, 1.82) is 0 Å². The fourth-order valence-corrected chi connectivity index (χ4v) is 2.38. The Morgan fingerprint density at radius 2 is 1.17 bits per heavy atom. The molecule has 126 valence electrons. The van der Waals surface area contributed by atoms with Gasteiger partial charge in [0.25, 0.3) is 0 Å². The molecule has 0 saturated heterocycles. The molecule has 0 unspecified atom stereocenters. The van der Waals surface area contributed by atoms with E-state index in [0.717, 1.165) is 6.42 Å². The molecule has 0 spiro atoms. The average Bonchev–Trinajstić information content (AvgIpc) is 2.56. The van der Waals surface area contributed by atoms with Crippen LogP contribution in [0.4, 0.5) is 11.4 Å². The van der Waals surface area contributed by atoms with Crippen molar-refractivity contribution in [2.45, 2.75) is 26.7 Å². The normalized spacial score (nSPS) is 10.7. The van der Waals surface area contributed by atoms with E-state index in [1.807, 2.05) is 60.7 Å². The van der Waals surface area contributed by atoms with Crippen LogP contribution < -0.4 is 10.6 Å². The first-order valence-electron chi connectivity index (χ1n) is 8.28. The number of carbonyl (C=O) groups excluding carboxylic acids is 2. The molecule has 24 heavy (non-hydrogen) atoms. The number of anilines is 2. The van der Waals surface area contributed by atoms with Crippen LogP contribution in [0.15, 0.2) is 60.7 Å². The van der Waals surface area contributed by atoms with E-state index in [2.05, 4.69) is 24.5 Å². The first kappa shape index (κ1) is 17.7. The van der Waals surface area contributed by atoms with Gasteiger partial charge in [-0.2, -0.15) is 0 Å². The standard InChI is InChI=1S/C20H24N2O2/c1-15(2)13-14-18(19(23)21-16-9-5-3-6-10-16)20(24)22-17-11-7-4-8-12-17/h3-12,15,18H,13-14H2,1-2H3,(H,21,23)(H,22,24). The summed E-state index contributed by atoms with van der Waals surface area (Å²) in [6.07, 6.45) is 1.34. The predicted molar refractivity (Wildman–Crippen MR) is 97.7 cm³/mol. The molecule has 0 fully saturated rings. The van der Waals surface area contributed by atoms with Crippen LogP contribution in [-0.2, 0) is 9.59 Å². The quantitative estimate of drug-likeness (QED) is 0.745. The third kappa shape index (κ3) is 5.54. The summed E-state index contributed by atoms with van der Waals surface area (Å²) >= 11 is 0. The highest BCUT2D eigenvalue weighted by atomic mass is 16.2. The molecule has 2 rings (SSSR count). The van der Waals surface area contributed by atoms with Gasteiger partial charge < -0.3 is 10.6 Å². The van der Waals surface area contributed by atoms with Gasteiger partial charge in [-0.05, 0) is 43.0 Å². The highest BCUT2D eigenvalue weighted by molar-refractivity contribution is 6.10. The van der Waals surface area contributed by atoms with E-state index >= 15 is 0 Å².